The lowest BCUT2D eigenvalue weighted by Gasteiger charge is -2.06. The van der Waals surface area contributed by atoms with E-state index in [0.717, 1.165) is 19.3 Å². The smallest absolute Gasteiger partial charge is 0.220 e. The Morgan fingerprint density at radius 2 is 2.15 bits per heavy atom. The van der Waals surface area contributed by atoms with E-state index in [2.05, 4.69) is 5.32 Å². The van der Waals surface area contributed by atoms with Crippen LogP contribution in [0.3, 0.4) is 0 Å². The van der Waals surface area contributed by atoms with Crippen molar-refractivity contribution >= 4 is 5.91 Å². The van der Waals surface area contributed by atoms with Crippen LogP contribution < -0.4 is 11.1 Å². The Balaban J connectivity index is 3.20. The van der Waals surface area contributed by atoms with Crippen LogP contribution in [0.2, 0.25) is 0 Å². The Labute approximate surface area is 79.5 Å². The van der Waals surface area contributed by atoms with Gasteiger partial charge in [0.25, 0.3) is 0 Å². The van der Waals surface area contributed by atoms with E-state index in [1.165, 1.54) is 0 Å². The van der Waals surface area contributed by atoms with Gasteiger partial charge in [0.05, 0.1) is 6.10 Å². The van der Waals surface area contributed by atoms with Gasteiger partial charge in [0.15, 0.2) is 0 Å². The monoisotopic (exact) mass is 188 g/mol. The summed E-state index contributed by atoms with van der Waals surface area (Å²) < 4.78 is 0. The minimum Gasteiger partial charge on any atom is -0.392 e. The Hall–Kier alpha value is -0.610. The fraction of sp³-hybridized carbons (Fsp3) is 0.889. The average molecular weight is 188 g/mol. The fourth-order valence-electron chi connectivity index (χ4n) is 0.957. The highest BCUT2D eigenvalue weighted by molar-refractivity contribution is 5.75. The highest BCUT2D eigenvalue weighted by Gasteiger charge is 2.01. The van der Waals surface area contributed by atoms with Crippen molar-refractivity contribution in [1.29, 1.82) is 0 Å². The van der Waals surface area contributed by atoms with Crippen LogP contribution in [0.5, 0.6) is 0 Å². The quantitative estimate of drug-likeness (QED) is 0.492. The minimum atomic E-state index is -0.465. The second kappa shape index (κ2) is 8.01. The minimum absolute atomic E-state index is 0.0120. The van der Waals surface area contributed by atoms with Gasteiger partial charge in [-0.3, -0.25) is 4.79 Å². The SMILES string of the molecule is C[C@H](O)CNC(=O)CCCCCN. The molecule has 0 aliphatic rings. The van der Waals surface area contributed by atoms with E-state index in [-0.39, 0.29) is 5.91 Å². The highest BCUT2D eigenvalue weighted by Crippen LogP contribution is 1.97. The molecule has 0 rings (SSSR count). The lowest BCUT2D eigenvalue weighted by Crippen LogP contribution is -2.30. The van der Waals surface area contributed by atoms with E-state index in [9.17, 15) is 4.79 Å². The van der Waals surface area contributed by atoms with Crippen LogP contribution in [0.1, 0.15) is 32.6 Å². The molecule has 13 heavy (non-hydrogen) atoms. The molecular formula is C9H20N2O2. The molecule has 0 saturated carbocycles. The summed E-state index contributed by atoms with van der Waals surface area (Å²) in [5.41, 5.74) is 5.31. The number of unbranched alkanes of at least 4 members (excludes halogenated alkanes) is 2. The molecule has 0 aliphatic heterocycles. The summed E-state index contributed by atoms with van der Waals surface area (Å²) in [6.45, 7) is 2.68. The van der Waals surface area contributed by atoms with E-state index in [4.69, 9.17) is 10.8 Å². The zero-order valence-corrected chi connectivity index (χ0v) is 8.25. The van der Waals surface area contributed by atoms with Crippen LogP contribution in [-0.4, -0.2) is 30.2 Å². The van der Waals surface area contributed by atoms with Crippen molar-refractivity contribution in [3.63, 3.8) is 0 Å². The molecule has 1 amide bonds. The fourth-order valence-corrected chi connectivity index (χ4v) is 0.957. The summed E-state index contributed by atoms with van der Waals surface area (Å²) in [5.74, 6) is 0.0120. The van der Waals surface area contributed by atoms with Crippen LogP contribution in [0.15, 0.2) is 0 Å². The first kappa shape index (κ1) is 12.4. The molecule has 0 fully saturated rings. The van der Waals surface area contributed by atoms with Gasteiger partial charge in [0, 0.05) is 13.0 Å². The van der Waals surface area contributed by atoms with E-state index in [1.807, 2.05) is 0 Å². The molecular weight excluding hydrogens is 168 g/mol. The zero-order valence-electron chi connectivity index (χ0n) is 8.25. The first-order valence-electron chi connectivity index (χ1n) is 4.81. The molecule has 4 heteroatoms. The second-order valence-corrected chi connectivity index (χ2v) is 3.25. The summed E-state index contributed by atoms with van der Waals surface area (Å²) in [6.07, 6.45) is 2.92. The van der Waals surface area contributed by atoms with Crippen molar-refractivity contribution in [3.05, 3.63) is 0 Å². The number of nitrogens with two attached hydrogens (primary N) is 1. The van der Waals surface area contributed by atoms with Gasteiger partial charge in [0.2, 0.25) is 5.91 Å². The average Bonchev–Trinajstić information content (AvgIpc) is 2.09. The summed E-state index contributed by atoms with van der Waals surface area (Å²) in [5, 5.41) is 11.5. The molecule has 0 spiro atoms. The van der Waals surface area contributed by atoms with Gasteiger partial charge in [0.1, 0.15) is 0 Å². The maximum Gasteiger partial charge on any atom is 0.220 e. The van der Waals surface area contributed by atoms with Gasteiger partial charge < -0.3 is 16.2 Å². The number of amides is 1. The van der Waals surface area contributed by atoms with Crippen molar-refractivity contribution in [2.45, 2.75) is 38.7 Å². The third kappa shape index (κ3) is 9.30. The molecule has 0 bridgehead atoms. The molecule has 1 atom stereocenters. The van der Waals surface area contributed by atoms with Crippen LogP contribution >= 0.6 is 0 Å². The number of carbonyl (C=O) groups excluding carboxylic acids is 1. The Morgan fingerprint density at radius 3 is 2.69 bits per heavy atom. The molecule has 0 aromatic heterocycles. The normalized spacial score (nSPS) is 12.5. The largest absolute Gasteiger partial charge is 0.392 e. The first-order valence-corrected chi connectivity index (χ1v) is 4.81. The van der Waals surface area contributed by atoms with Crippen molar-refractivity contribution in [3.8, 4) is 0 Å². The van der Waals surface area contributed by atoms with E-state index < -0.39 is 6.10 Å². The van der Waals surface area contributed by atoms with Crippen molar-refractivity contribution in [2.75, 3.05) is 13.1 Å². The number of rotatable bonds is 7. The summed E-state index contributed by atoms with van der Waals surface area (Å²) in [4.78, 5) is 11.1. The number of aliphatic hydroxyl groups is 1. The molecule has 0 aromatic carbocycles. The van der Waals surface area contributed by atoms with Crippen LogP contribution in [0.4, 0.5) is 0 Å². The number of hydrogen-bond donors (Lipinski definition) is 3. The van der Waals surface area contributed by atoms with E-state index in [1.54, 1.807) is 6.92 Å². The van der Waals surface area contributed by atoms with Gasteiger partial charge >= 0.3 is 0 Å². The third-order valence-electron chi connectivity index (χ3n) is 1.70. The first-order chi connectivity index (χ1) is 6.16. The summed E-state index contributed by atoms with van der Waals surface area (Å²) in [6, 6.07) is 0. The maximum absolute atomic E-state index is 11.1. The molecule has 0 aromatic rings. The topological polar surface area (TPSA) is 75.3 Å². The second-order valence-electron chi connectivity index (χ2n) is 3.25. The number of carbonyl (C=O) groups is 1. The lowest BCUT2D eigenvalue weighted by molar-refractivity contribution is -0.121. The van der Waals surface area contributed by atoms with Crippen molar-refractivity contribution in [1.82, 2.24) is 5.32 Å². The van der Waals surface area contributed by atoms with E-state index >= 15 is 0 Å². The number of hydrogen-bond acceptors (Lipinski definition) is 3. The molecule has 0 radical (unpaired) electrons. The lowest BCUT2D eigenvalue weighted by atomic mass is 10.2. The standard InChI is InChI=1S/C9H20N2O2/c1-8(12)7-11-9(13)5-3-2-4-6-10/h8,12H,2-7,10H2,1H3,(H,11,13)/t8-/m0/s1. The van der Waals surface area contributed by atoms with Gasteiger partial charge in [-0.05, 0) is 26.3 Å². The van der Waals surface area contributed by atoms with Gasteiger partial charge in [-0.25, -0.2) is 0 Å². The molecule has 0 unspecified atom stereocenters. The van der Waals surface area contributed by atoms with Crippen molar-refractivity contribution in [2.24, 2.45) is 5.73 Å². The molecule has 4 nitrogen and oxygen atoms in total. The van der Waals surface area contributed by atoms with Gasteiger partial charge in [-0.15, -0.1) is 0 Å². The van der Waals surface area contributed by atoms with Crippen LogP contribution in [0.25, 0.3) is 0 Å². The predicted molar refractivity (Wildman–Crippen MR) is 52.2 cm³/mol. The summed E-state index contributed by atoms with van der Waals surface area (Å²) in [7, 11) is 0. The molecule has 0 heterocycles. The molecule has 78 valence electrons. The summed E-state index contributed by atoms with van der Waals surface area (Å²) >= 11 is 0. The highest BCUT2D eigenvalue weighted by atomic mass is 16.3. The maximum atomic E-state index is 11.1. The van der Waals surface area contributed by atoms with Gasteiger partial charge in [-0.1, -0.05) is 6.42 Å². The predicted octanol–water partition coefficient (Wildman–Crippen LogP) is 0.00250. The Bertz CT molecular complexity index is 138. The van der Waals surface area contributed by atoms with Crippen molar-refractivity contribution < 1.29 is 9.90 Å². The zero-order chi connectivity index (χ0) is 10.1. The van der Waals surface area contributed by atoms with Crippen LogP contribution in [-0.2, 0) is 4.79 Å². The Kier molecular flexibility index (Phi) is 7.63. The molecule has 0 aliphatic carbocycles. The number of nitrogens with one attached hydrogen (secondary N) is 1. The number of aliphatic hydroxyl groups excluding tert-OH is 1. The molecule has 4 N–H and O–H groups in total. The van der Waals surface area contributed by atoms with E-state index in [0.29, 0.717) is 19.5 Å². The molecule has 0 saturated heterocycles. The van der Waals surface area contributed by atoms with Gasteiger partial charge in [-0.2, -0.15) is 0 Å². The third-order valence-corrected chi connectivity index (χ3v) is 1.70. The van der Waals surface area contributed by atoms with Crippen LogP contribution in [0, 0.1) is 0 Å². The Morgan fingerprint density at radius 1 is 1.46 bits per heavy atom.